The van der Waals surface area contributed by atoms with Crippen LogP contribution in [0, 0.1) is 0 Å². The summed E-state index contributed by atoms with van der Waals surface area (Å²) in [5.74, 6) is 0.104. The first-order chi connectivity index (χ1) is 16.1. The highest BCUT2D eigenvalue weighted by Gasteiger charge is 2.18. The van der Waals surface area contributed by atoms with Crippen LogP contribution in [-0.4, -0.2) is 54.7 Å². The van der Waals surface area contributed by atoms with Crippen molar-refractivity contribution in [3.05, 3.63) is 59.7 Å². The van der Waals surface area contributed by atoms with Crippen molar-refractivity contribution in [2.75, 3.05) is 38.2 Å². The summed E-state index contributed by atoms with van der Waals surface area (Å²) in [5, 5.41) is 5.82. The molecule has 0 aromatic heterocycles. The third-order valence-corrected chi connectivity index (χ3v) is 5.51. The molecule has 8 heteroatoms. The quantitative estimate of drug-likeness (QED) is 0.445. The molecule has 0 unspecified atom stereocenters. The van der Waals surface area contributed by atoms with Gasteiger partial charge in [-0.3, -0.25) is 14.9 Å². The maximum Gasteiger partial charge on any atom is 0.261 e. The van der Waals surface area contributed by atoms with E-state index in [1.807, 2.05) is 17.9 Å². The number of likely N-dealkylation sites (tertiary alicyclic amines) is 1. The molecule has 0 saturated carbocycles. The molecule has 2 aromatic rings. The summed E-state index contributed by atoms with van der Waals surface area (Å²) in [6, 6.07) is 14.1. The molecule has 7 nitrogen and oxygen atoms in total. The normalized spacial score (nSPS) is 13.7. The first-order valence-corrected chi connectivity index (χ1v) is 11.8. The number of thiocarbonyl (C=S) groups is 1. The molecule has 1 saturated heterocycles. The average molecular weight is 470 g/mol. The molecule has 0 atom stereocenters. The Morgan fingerprint density at radius 2 is 1.76 bits per heavy atom. The summed E-state index contributed by atoms with van der Waals surface area (Å²) in [4.78, 5) is 27.6. The summed E-state index contributed by atoms with van der Waals surface area (Å²) in [6.45, 7) is 4.89. The molecular formula is C25H31N3O4S. The number of rotatable bonds is 8. The van der Waals surface area contributed by atoms with Crippen LogP contribution in [0.25, 0.3) is 0 Å². The lowest BCUT2D eigenvalue weighted by molar-refractivity contribution is 0.0761. The summed E-state index contributed by atoms with van der Waals surface area (Å²) < 4.78 is 11.0. The molecule has 2 amide bonds. The van der Waals surface area contributed by atoms with Gasteiger partial charge in [-0.05, 0) is 62.3 Å². The van der Waals surface area contributed by atoms with Gasteiger partial charge in [-0.25, -0.2) is 0 Å². The number of ether oxygens (including phenoxy) is 2. The van der Waals surface area contributed by atoms with Gasteiger partial charge in [0.05, 0.1) is 12.2 Å². The second-order valence-corrected chi connectivity index (χ2v) is 8.15. The molecule has 176 valence electrons. The molecule has 33 heavy (non-hydrogen) atoms. The molecule has 0 spiro atoms. The van der Waals surface area contributed by atoms with Crippen LogP contribution < -0.4 is 15.4 Å². The second kappa shape index (κ2) is 12.9. The van der Waals surface area contributed by atoms with Crippen LogP contribution in [0.5, 0.6) is 5.75 Å². The standard InChI is InChI=1S/C25H31N3O4S/c1-2-31-16-17-32-22-13-6-5-12-21(22)23(29)27-25(33)26-20-11-9-10-19(18-20)24(30)28-14-7-3-4-8-15-28/h5-6,9-13,18H,2-4,7-8,14-17H2,1H3,(H2,26,27,29,33). The fraction of sp³-hybridized carbons (Fsp3) is 0.400. The molecule has 1 aliphatic rings. The molecule has 2 N–H and O–H groups in total. The van der Waals surface area contributed by atoms with Crippen LogP contribution in [-0.2, 0) is 4.74 Å². The fourth-order valence-corrected chi connectivity index (χ4v) is 3.86. The number of hydrogen-bond donors (Lipinski definition) is 2. The summed E-state index contributed by atoms with van der Waals surface area (Å²) in [5.41, 5.74) is 1.62. The molecule has 0 radical (unpaired) electrons. The van der Waals surface area contributed by atoms with Crippen LogP contribution >= 0.6 is 12.2 Å². The van der Waals surface area contributed by atoms with Crippen molar-refractivity contribution in [1.82, 2.24) is 10.2 Å². The van der Waals surface area contributed by atoms with E-state index in [4.69, 9.17) is 21.7 Å². The Morgan fingerprint density at radius 1 is 1.00 bits per heavy atom. The molecule has 1 heterocycles. The van der Waals surface area contributed by atoms with Gasteiger partial charge in [0.2, 0.25) is 0 Å². The maximum atomic E-state index is 12.9. The van der Waals surface area contributed by atoms with Gasteiger partial charge in [-0.2, -0.15) is 0 Å². The monoisotopic (exact) mass is 469 g/mol. The van der Waals surface area contributed by atoms with E-state index >= 15 is 0 Å². The fourth-order valence-electron chi connectivity index (χ4n) is 3.65. The average Bonchev–Trinajstić information content (AvgIpc) is 3.11. The SMILES string of the molecule is CCOCCOc1ccccc1C(=O)NC(=S)Nc1cccc(C(=O)N2CCCCCC2)c1. The number of benzene rings is 2. The Hall–Kier alpha value is -2.97. The zero-order valence-electron chi connectivity index (χ0n) is 19.0. The van der Waals surface area contributed by atoms with Crippen molar-refractivity contribution in [2.45, 2.75) is 32.6 Å². The molecule has 1 aliphatic heterocycles. The van der Waals surface area contributed by atoms with Crippen molar-refractivity contribution >= 4 is 34.8 Å². The van der Waals surface area contributed by atoms with E-state index in [1.165, 1.54) is 12.8 Å². The molecule has 3 rings (SSSR count). The Bertz CT molecular complexity index is 958. The zero-order valence-corrected chi connectivity index (χ0v) is 19.8. The third kappa shape index (κ3) is 7.54. The van der Waals surface area contributed by atoms with Crippen LogP contribution in [0.3, 0.4) is 0 Å². The smallest absolute Gasteiger partial charge is 0.261 e. The number of amides is 2. The molecule has 0 aliphatic carbocycles. The van der Waals surface area contributed by atoms with E-state index in [0.29, 0.717) is 42.4 Å². The van der Waals surface area contributed by atoms with Crippen LogP contribution in [0.4, 0.5) is 5.69 Å². The van der Waals surface area contributed by atoms with Gasteiger partial charge in [-0.15, -0.1) is 0 Å². The number of carbonyl (C=O) groups excluding carboxylic acids is 2. The van der Waals surface area contributed by atoms with Gasteiger partial charge in [0.25, 0.3) is 11.8 Å². The van der Waals surface area contributed by atoms with Gasteiger partial charge in [0, 0.05) is 30.9 Å². The van der Waals surface area contributed by atoms with E-state index in [9.17, 15) is 9.59 Å². The Morgan fingerprint density at radius 3 is 2.52 bits per heavy atom. The largest absolute Gasteiger partial charge is 0.490 e. The minimum Gasteiger partial charge on any atom is -0.490 e. The van der Waals surface area contributed by atoms with E-state index in [0.717, 1.165) is 25.9 Å². The van der Waals surface area contributed by atoms with E-state index in [1.54, 1.807) is 42.5 Å². The highest BCUT2D eigenvalue weighted by atomic mass is 32.1. The minimum atomic E-state index is -0.378. The van der Waals surface area contributed by atoms with Crippen LogP contribution in [0.15, 0.2) is 48.5 Å². The van der Waals surface area contributed by atoms with Crippen molar-refractivity contribution in [3.8, 4) is 5.75 Å². The van der Waals surface area contributed by atoms with Gasteiger partial charge in [0.15, 0.2) is 5.11 Å². The van der Waals surface area contributed by atoms with Crippen LogP contribution in [0.1, 0.15) is 53.3 Å². The first-order valence-electron chi connectivity index (χ1n) is 11.4. The number of anilines is 1. The highest BCUT2D eigenvalue weighted by molar-refractivity contribution is 7.80. The first kappa shape index (κ1) is 24.7. The predicted octanol–water partition coefficient (Wildman–Crippen LogP) is 4.24. The van der Waals surface area contributed by atoms with Crippen molar-refractivity contribution in [1.29, 1.82) is 0 Å². The number of nitrogens with zero attached hydrogens (tertiary/aromatic N) is 1. The highest BCUT2D eigenvalue weighted by Crippen LogP contribution is 2.19. The maximum absolute atomic E-state index is 12.9. The number of carbonyl (C=O) groups is 2. The van der Waals surface area contributed by atoms with E-state index in [-0.39, 0.29) is 16.9 Å². The Labute approximate surface area is 200 Å². The van der Waals surface area contributed by atoms with Gasteiger partial charge in [0.1, 0.15) is 12.4 Å². The lowest BCUT2D eigenvalue weighted by Crippen LogP contribution is -2.34. The summed E-state index contributed by atoms with van der Waals surface area (Å²) in [7, 11) is 0. The van der Waals surface area contributed by atoms with Crippen molar-refractivity contribution in [3.63, 3.8) is 0 Å². The third-order valence-electron chi connectivity index (χ3n) is 5.31. The topological polar surface area (TPSA) is 79.9 Å². The number of hydrogen-bond acceptors (Lipinski definition) is 5. The molecule has 0 bridgehead atoms. The van der Waals surface area contributed by atoms with E-state index < -0.39 is 0 Å². The van der Waals surface area contributed by atoms with Crippen molar-refractivity contribution < 1.29 is 19.1 Å². The zero-order chi connectivity index (χ0) is 23.5. The van der Waals surface area contributed by atoms with Gasteiger partial charge < -0.3 is 19.7 Å². The van der Waals surface area contributed by atoms with Gasteiger partial charge >= 0.3 is 0 Å². The lowest BCUT2D eigenvalue weighted by Gasteiger charge is -2.20. The second-order valence-electron chi connectivity index (χ2n) is 7.74. The number of nitrogens with one attached hydrogen (secondary N) is 2. The van der Waals surface area contributed by atoms with E-state index in [2.05, 4.69) is 10.6 Å². The summed E-state index contributed by atoms with van der Waals surface area (Å²) >= 11 is 5.33. The van der Waals surface area contributed by atoms with Crippen molar-refractivity contribution in [2.24, 2.45) is 0 Å². The van der Waals surface area contributed by atoms with Crippen LogP contribution in [0.2, 0.25) is 0 Å². The predicted molar refractivity (Wildman–Crippen MR) is 133 cm³/mol. The molecular weight excluding hydrogens is 438 g/mol. The lowest BCUT2D eigenvalue weighted by atomic mass is 10.1. The molecule has 1 fully saturated rings. The molecule has 2 aromatic carbocycles. The number of para-hydroxylation sites is 1. The summed E-state index contributed by atoms with van der Waals surface area (Å²) in [6.07, 6.45) is 4.41. The van der Waals surface area contributed by atoms with Gasteiger partial charge in [-0.1, -0.05) is 31.0 Å². The minimum absolute atomic E-state index is 0.0219. The Kier molecular flexibility index (Phi) is 9.65. The Balaban J connectivity index is 1.59.